The molecule has 1 aliphatic rings. The van der Waals surface area contributed by atoms with Gasteiger partial charge in [-0.25, -0.2) is 13.8 Å². The van der Waals surface area contributed by atoms with Gasteiger partial charge >= 0.3 is 16.2 Å². The molecule has 5 N–H and O–H groups in total. The molecule has 1 heterocycles. The standard InChI is InChI=1S/C13H18N4O5S/c1-2-14-13(20)15-6-5-9-3-4-10(11(18)7-9)17-8-12(19)16-23(17,21)22/h3-4,7-8,16,18-19H,2,5-6H2,1H3,(H2,14,15,20). The summed E-state index contributed by atoms with van der Waals surface area (Å²) >= 11 is 0. The molecule has 10 heteroatoms. The van der Waals surface area contributed by atoms with Crippen molar-refractivity contribution in [2.45, 2.75) is 13.3 Å². The van der Waals surface area contributed by atoms with Gasteiger partial charge in [-0.05, 0) is 31.0 Å². The Kier molecular flexibility index (Phi) is 4.84. The fraction of sp³-hybridized carbons (Fsp3) is 0.308. The fourth-order valence-electron chi connectivity index (χ4n) is 2.04. The minimum absolute atomic E-state index is 0.0157. The molecule has 0 saturated carbocycles. The number of phenols is 1. The van der Waals surface area contributed by atoms with E-state index >= 15 is 0 Å². The lowest BCUT2D eigenvalue weighted by Crippen LogP contribution is -2.36. The van der Waals surface area contributed by atoms with E-state index in [1.165, 1.54) is 12.1 Å². The van der Waals surface area contributed by atoms with Gasteiger partial charge in [0.1, 0.15) is 11.4 Å². The summed E-state index contributed by atoms with van der Waals surface area (Å²) in [4.78, 5) is 11.2. The molecule has 126 valence electrons. The third-order valence-corrected chi connectivity index (χ3v) is 4.33. The van der Waals surface area contributed by atoms with Gasteiger partial charge in [0, 0.05) is 13.1 Å². The number of anilines is 1. The number of rotatable bonds is 5. The number of aliphatic hydroxyl groups is 1. The maximum Gasteiger partial charge on any atom is 0.330 e. The van der Waals surface area contributed by atoms with Gasteiger partial charge in [-0.3, -0.25) is 0 Å². The number of hydrogen-bond donors (Lipinski definition) is 5. The SMILES string of the molecule is CCNC(=O)NCCc1ccc(N2C=C(O)NS2(=O)=O)c(O)c1. The molecule has 0 fully saturated rings. The van der Waals surface area contributed by atoms with Crippen molar-refractivity contribution in [2.24, 2.45) is 0 Å². The molecule has 0 spiro atoms. The zero-order valence-corrected chi connectivity index (χ0v) is 13.2. The number of carbonyl (C=O) groups is 1. The average molecular weight is 342 g/mol. The molecule has 0 aromatic heterocycles. The van der Waals surface area contributed by atoms with E-state index in [2.05, 4.69) is 10.6 Å². The average Bonchev–Trinajstić information content (AvgIpc) is 2.72. The molecule has 1 aromatic carbocycles. The summed E-state index contributed by atoms with van der Waals surface area (Å²) in [5.41, 5.74) is 0.739. The Labute approximate surface area is 133 Å². The largest absolute Gasteiger partial charge is 0.506 e. The lowest BCUT2D eigenvalue weighted by Gasteiger charge is -2.16. The fourth-order valence-corrected chi connectivity index (χ4v) is 3.11. The van der Waals surface area contributed by atoms with Crippen LogP contribution in [0, 0.1) is 0 Å². The molecule has 0 saturated heterocycles. The third-order valence-electron chi connectivity index (χ3n) is 3.05. The monoisotopic (exact) mass is 342 g/mol. The van der Waals surface area contributed by atoms with Gasteiger partial charge in [0.05, 0.1) is 6.20 Å². The Hall–Kier alpha value is -2.62. The van der Waals surface area contributed by atoms with Crippen LogP contribution >= 0.6 is 0 Å². The number of benzene rings is 1. The number of nitrogens with one attached hydrogen (secondary N) is 3. The molecule has 2 rings (SSSR count). The van der Waals surface area contributed by atoms with Crippen molar-refractivity contribution in [3.05, 3.63) is 35.8 Å². The van der Waals surface area contributed by atoms with E-state index in [1.807, 2.05) is 11.6 Å². The van der Waals surface area contributed by atoms with Crippen LogP contribution in [-0.2, 0) is 16.6 Å². The second-order valence-electron chi connectivity index (χ2n) is 4.78. The first-order valence-electron chi connectivity index (χ1n) is 6.90. The van der Waals surface area contributed by atoms with Crippen LogP contribution < -0.4 is 19.7 Å². The molecule has 0 bridgehead atoms. The van der Waals surface area contributed by atoms with E-state index < -0.39 is 16.1 Å². The van der Waals surface area contributed by atoms with E-state index in [0.717, 1.165) is 16.1 Å². The first-order valence-corrected chi connectivity index (χ1v) is 8.34. The van der Waals surface area contributed by atoms with E-state index in [4.69, 9.17) is 0 Å². The number of carbonyl (C=O) groups excluding carboxylic acids is 1. The van der Waals surface area contributed by atoms with Gasteiger partial charge in [-0.2, -0.15) is 8.42 Å². The first-order chi connectivity index (χ1) is 10.8. The van der Waals surface area contributed by atoms with Crippen LogP contribution in [0.3, 0.4) is 0 Å². The van der Waals surface area contributed by atoms with Crippen molar-refractivity contribution in [2.75, 3.05) is 17.4 Å². The van der Waals surface area contributed by atoms with Crippen LogP contribution in [0.25, 0.3) is 0 Å². The second-order valence-corrected chi connectivity index (χ2v) is 6.32. The van der Waals surface area contributed by atoms with Crippen molar-refractivity contribution in [1.29, 1.82) is 0 Å². The first kappa shape index (κ1) is 16.7. The lowest BCUT2D eigenvalue weighted by atomic mass is 10.1. The van der Waals surface area contributed by atoms with Gasteiger partial charge < -0.3 is 20.8 Å². The maximum atomic E-state index is 11.8. The van der Waals surface area contributed by atoms with Crippen molar-refractivity contribution < 1.29 is 23.4 Å². The summed E-state index contributed by atoms with van der Waals surface area (Å²) in [6, 6.07) is 4.19. The number of amides is 2. The smallest absolute Gasteiger partial charge is 0.330 e. The van der Waals surface area contributed by atoms with Crippen LogP contribution in [0.15, 0.2) is 30.3 Å². The van der Waals surface area contributed by atoms with Gasteiger partial charge in [0.15, 0.2) is 0 Å². The maximum absolute atomic E-state index is 11.8. The molecule has 23 heavy (non-hydrogen) atoms. The van der Waals surface area contributed by atoms with Crippen LogP contribution in [0.5, 0.6) is 5.75 Å². The number of urea groups is 1. The molecule has 1 aromatic rings. The van der Waals surface area contributed by atoms with Gasteiger partial charge in [0.2, 0.25) is 5.88 Å². The molecule has 9 nitrogen and oxygen atoms in total. The van der Waals surface area contributed by atoms with Crippen molar-refractivity contribution >= 4 is 21.9 Å². The van der Waals surface area contributed by atoms with Gasteiger partial charge in [0.25, 0.3) is 0 Å². The summed E-state index contributed by atoms with van der Waals surface area (Å²) in [5, 5.41) is 24.5. The topological polar surface area (TPSA) is 131 Å². The Morgan fingerprint density at radius 2 is 2.04 bits per heavy atom. The van der Waals surface area contributed by atoms with Crippen molar-refractivity contribution in [1.82, 2.24) is 15.4 Å². The van der Waals surface area contributed by atoms with Crippen LogP contribution in [0.2, 0.25) is 0 Å². The number of phenolic OH excluding ortho intramolecular Hbond substituents is 1. The van der Waals surface area contributed by atoms with E-state index in [0.29, 0.717) is 19.5 Å². The molecule has 0 unspecified atom stereocenters. The molecular weight excluding hydrogens is 324 g/mol. The Bertz CT molecular complexity index is 732. The molecule has 1 aliphatic heterocycles. The molecular formula is C13H18N4O5S. The number of nitrogens with zero attached hydrogens (tertiary/aromatic N) is 1. The zero-order chi connectivity index (χ0) is 17.0. The van der Waals surface area contributed by atoms with Crippen LogP contribution in [0.4, 0.5) is 10.5 Å². The molecule has 0 aliphatic carbocycles. The minimum atomic E-state index is -3.94. The van der Waals surface area contributed by atoms with Crippen LogP contribution in [0.1, 0.15) is 12.5 Å². The highest BCUT2D eigenvalue weighted by molar-refractivity contribution is 7.91. The van der Waals surface area contributed by atoms with Gasteiger partial charge in [-0.1, -0.05) is 6.07 Å². The highest BCUT2D eigenvalue weighted by Crippen LogP contribution is 2.32. The summed E-state index contributed by atoms with van der Waals surface area (Å²) in [7, 11) is -3.94. The van der Waals surface area contributed by atoms with E-state index in [1.54, 1.807) is 6.07 Å². The highest BCUT2D eigenvalue weighted by Gasteiger charge is 2.30. The second kappa shape index (κ2) is 6.65. The van der Waals surface area contributed by atoms with Crippen molar-refractivity contribution in [3.8, 4) is 5.75 Å². The van der Waals surface area contributed by atoms with Crippen molar-refractivity contribution in [3.63, 3.8) is 0 Å². The quantitative estimate of drug-likeness (QED) is 0.524. The Morgan fingerprint density at radius 3 is 2.61 bits per heavy atom. The highest BCUT2D eigenvalue weighted by atomic mass is 32.2. The predicted octanol–water partition coefficient (Wildman–Crippen LogP) is 0.265. The zero-order valence-electron chi connectivity index (χ0n) is 12.4. The van der Waals surface area contributed by atoms with Crippen LogP contribution in [-0.4, -0.2) is 37.8 Å². The van der Waals surface area contributed by atoms with E-state index in [9.17, 15) is 23.4 Å². The number of aliphatic hydroxyl groups excluding tert-OH is 1. The minimum Gasteiger partial charge on any atom is -0.506 e. The lowest BCUT2D eigenvalue weighted by molar-refractivity contribution is 0.241. The normalized spacial score (nSPS) is 15.7. The summed E-state index contributed by atoms with van der Waals surface area (Å²) in [6.45, 7) is 2.71. The molecule has 0 atom stereocenters. The Balaban J connectivity index is 2.05. The number of aromatic hydroxyl groups is 1. The summed E-state index contributed by atoms with van der Waals surface area (Å²) in [5.74, 6) is -0.781. The molecule has 0 radical (unpaired) electrons. The van der Waals surface area contributed by atoms with E-state index in [-0.39, 0.29) is 17.5 Å². The third kappa shape index (κ3) is 3.97. The predicted molar refractivity (Wildman–Crippen MR) is 84.1 cm³/mol. The summed E-state index contributed by atoms with van der Waals surface area (Å²) < 4.78 is 26.1. The molecule has 2 amide bonds. The Morgan fingerprint density at radius 1 is 1.30 bits per heavy atom. The van der Waals surface area contributed by atoms with Gasteiger partial charge in [-0.15, -0.1) is 0 Å². The number of hydrogen-bond acceptors (Lipinski definition) is 5. The summed E-state index contributed by atoms with van der Waals surface area (Å²) in [6.07, 6.45) is 1.43.